The Morgan fingerprint density at radius 1 is 1.16 bits per heavy atom. The molecule has 194 valence electrons. The Morgan fingerprint density at radius 3 is 2.54 bits per heavy atom. The Balaban J connectivity index is 1.21. The molecule has 2 aromatic heterocycles. The lowest BCUT2D eigenvalue weighted by Crippen LogP contribution is -2.48. The maximum absolute atomic E-state index is 12.7. The molecule has 8 heteroatoms. The quantitative estimate of drug-likeness (QED) is 0.441. The van der Waals surface area contributed by atoms with Crippen LogP contribution in [0, 0.1) is 24.2 Å². The third-order valence-electron chi connectivity index (χ3n) is 7.49. The highest BCUT2D eigenvalue weighted by molar-refractivity contribution is 5.91. The molecule has 2 saturated heterocycles. The summed E-state index contributed by atoms with van der Waals surface area (Å²) in [6.45, 7) is 8.44. The first kappa shape index (κ1) is 25.1. The van der Waals surface area contributed by atoms with Crippen molar-refractivity contribution in [3.8, 4) is 23.1 Å². The van der Waals surface area contributed by atoms with Crippen molar-refractivity contribution in [1.82, 2.24) is 19.4 Å². The van der Waals surface area contributed by atoms with Gasteiger partial charge in [-0.2, -0.15) is 5.26 Å². The largest absolute Gasteiger partial charge is 0.493 e. The summed E-state index contributed by atoms with van der Waals surface area (Å²) in [4.78, 5) is 23.5. The molecule has 2 atom stereocenters. The molecule has 2 bridgehead atoms. The Morgan fingerprint density at radius 2 is 1.89 bits per heavy atom. The van der Waals surface area contributed by atoms with Gasteiger partial charge in [0.2, 0.25) is 5.82 Å². The van der Waals surface area contributed by atoms with E-state index in [9.17, 15) is 10.1 Å². The fraction of sp³-hybridized carbons (Fsp3) is 0.517. The number of benzene rings is 1. The third kappa shape index (κ3) is 5.13. The second-order valence-electron chi connectivity index (χ2n) is 11.4. The number of nitrogens with zero attached hydrogens (tertiary/aromatic N) is 5. The van der Waals surface area contributed by atoms with E-state index in [0.29, 0.717) is 12.5 Å². The van der Waals surface area contributed by atoms with E-state index in [1.165, 1.54) is 0 Å². The lowest BCUT2D eigenvalue weighted by atomic mass is 9.88. The van der Waals surface area contributed by atoms with Gasteiger partial charge in [0.05, 0.1) is 12.3 Å². The molecule has 0 radical (unpaired) electrons. The van der Waals surface area contributed by atoms with Crippen LogP contribution in [0.15, 0.2) is 30.5 Å². The molecule has 8 nitrogen and oxygen atoms in total. The standard InChI is InChI=1S/C29H35N5O3/c1-18-14-20(26-23-10-12-33(5)27(23)32-25(17-30)31-26)6-9-24(18)36-13-11-19-15-21-7-8-22(16-19)34(21)28(35)37-29(2,3)4/h6,9-10,12,14,19,21-22H,7-8,11,13,15-16H2,1-5H3. The number of aromatic nitrogens is 3. The van der Waals surface area contributed by atoms with Gasteiger partial charge in [-0.05, 0) is 95.5 Å². The van der Waals surface area contributed by atoms with Gasteiger partial charge in [-0.3, -0.25) is 0 Å². The molecule has 0 spiro atoms. The monoisotopic (exact) mass is 501 g/mol. The van der Waals surface area contributed by atoms with E-state index >= 15 is 0 Å². The highest BCUT2D eigenvalue weighted by atomic mass is 16.6. The summed E-state index contributed by atoms with van der Waals surface area (Å²) in [6.07, 6.45) is 6.89. The van der Waals surface area contributed by atoms with Crippen LogP contribution in [-0.4, -0.2) is 49.8 Å². The van der Waals surface area contributed by atoms with Gasteiger partial charge >= 0.3 is 6.09 Å². The molecular formula is C29H35N5O3. The van der Waals surface area contributed by atoms with Gasteiger partial charge in [0, 0.05) is 36.3 Å². The lowest BCUT2D eigenvalue weighted by molar-refractivity contribution is 0.000971. The van der Waals surface area contributed by atoms with Crippen LogP contribution in [0.3, 0.4) is 0 Å². The number of aryl methyl sites for hydroxylation is 2. The van der Waals surface area contributed by atoms with Crippen molar-refractivity contribution in [3.63, 3.8) is 0 Å². The first-order chi connectivity index (χ1) is 17.6. The average molecular weight is 502 g/mol. The topological polar surface area (TPSA) is 93.3 Å². The number of amides is 1. The molecule has 2 aliphatic heterocycles. The Kier molecular flexibility index (Phi) is 6.57. The van der Waals surface area contributed by atoms with Crippen LogP contribution in [0.1, 0.15) is 64.3 Å². The first-order valence-corrected chi connectivity index (χ1v) is 13.1. The van der Waals surface area contributed by atoms with Crippen molar-refractivity contribution in [2.45, 2.75) is 77.5 Å². The number of carbonyl (C=O) groups is 1. The van der Waals surface area contributed by atoms with Crippen molar-refractivity contribution >= 4 is 17.1 Å². The Labute approximate surface area is 218 Å². The smallest absolute Gasteiger partial charge is 0.410 e. The van der Waals surface area contributed by atoms with Gasteiger partial charge in [0.25, 0.3) is 0 Å². The maximum Gasteiger partial charge on any atom is 0.410 e. The van der Waals surface area contributed by atoms with E-state index in [-0.39, 0.29) is 24.0 Å². The summed E-state index contributed by atoms with van der Waals surface area (Å²) in [7, 11) is 1.91. The highest BCUT2D eigenvalue weighted by Gasteiger charge is 2.44. The minimum Gasteiger partial charge on any atom is -0.493 e. The summed E-state index contributed by atoms with van der Waals surface area (Å²) >= 11 is 0. The molecule has 1 amide bonds. The first-order valence-electron chi connectivity index (χ1n) is 13.1. The van der Waals surface area contributed by atoms with Crippen molar-refractivity contribution in [2.75, 3.05) is 6.61 Å². The van der Waals surface area contributed by atoms with E-state index < -0.39 is 5.60 Å². The predicted molar refractivity (Wildman–Crippen MR) is 141 cm³/mol. The summed E-state index contributed by atoms with van der Waals surface area (Å²) in [5.41, 5.74) is 2.99. The Bertz CT molecular complexity index is 1350. The van der Waals surface area contributed by atoms with E-state index in [1.54, 1.807) is 0 Å². The van der Waals surface area contributed by atoms with Crippen LogP contribution in [-0.2, 0) is 11.8 Å². The van der Waals surface area contributed by atoms with Crippen LogP contribution in [0.4, 0.5) is 4.79 Å². The molecule has 5 rings (SSSR count). The van der Waals surface area contributed by atoms with Crippen molar-refractivity contribution in [2.24, 2.45) is 13.0 Å². The summed E-state index contributed by atoms with van der Waals surface area (Å²) in [5.74, 6) is 1.57. The molecule has 1 aromatic carbocycles. The van der Waals surface area contributed by atoms with Gasteiger partial charge in [0.1, 0.15) is 23.1 Å². The van der Waals surface area contributed by atoms with Gasteiger partial charge in [-0.1, -0.05) is 0 Å². The second kappa shape index (κ2) is 9.70. The van der Waals surface area contributed by atoms with E-state index in [4.69, 9.17) is 9.47 Å². The molecule has 4 heterocycles. The number of nitriles is 1. The second-order valence-corrected chi connectivity index (χ2v) is 11.4. The van der Waals surface area contributed by atoms with Crippen molar-refractivity contribution < 1.29 is 14.3 Å². The number of ether oxygens (including phenoxy) is 2. The van der Waals surface area contributed by atoms with Gasteiger partial charge in [-0.25, -0.2) is 14.8 Å². The minimum absolute atomic E-state index is 0.161. The zero-order valence-corrected chi connectivity index (χ0v) is 22.3. The van der Waals surface area contributed by atoms with E-state index in [2.05, 4.69) is 22.1 Å². The summed E-state index contributed by atoms with van der Waals surface area (Å²) in [6, 6.07) is 10.7. The fourth-order valence-electron chi connectivity index (χ4n) is 5.84. The molecule has 0 N–H and O–H groups in total. The van der Waals surface area contributed by atoms with Gasteiger partial charge < -0.3 is 18.9 Å². The van der Waals surface area contributed by atoms with Crippen molar-refractivity contribution in [1.29, 1.82) is 5.26 Å². The van der Waals surface area contributed by atoms with Crippen molar-refractivity contribution in [3.05, 3.63) is 41.9 Å². The van der Waals surface area contributed by atoms with E-state index in [1.807, 2.05) is 68.6 Å². The number of hydrogen-bond donors (Lipinski definition) is 0. The number of hydrogen-bond acceptors (Lipinski definition) is 6. The molecule has 3 aromatic rings. The zero-order chi connectivity index (χ0) is 26.3. The molecule has 2 fully saturated rings. The maximum atomic E-state index is 12.7. The third-order valence-corrected chi connectivity index (χ3v) is 7.49. The number of rotatable bonds is 5. The van der Waals surface area contributed by atoms with Gasteiger partial charge in [-0.15, -0.1) is 0 Å². The molecule has 0 aliphatic carbocycles. The Hall–Kier alpha value is -3.60. The van der Waals surface area contributed by atoms with Crippen LogP contribution in [0.25, 0.3) is 22.3 Å². The zero-order valence-electron chi connectivity index (χ0n) is 22.3. The predicted octanol–water partition coefficient (Wildman–Crippen LogP) is 5.76. The van der Waals surface area contributed by atoms with Crippen LogP contribution >= 0.6 is 0 Å². The number of piperidine rings is 1. The summed E-state index contributed by atoms with van der Waals surface area (Å²) in [5, 5.41) is 10.3. The summed E-state index contributed by atoms with van der Waals surface area (Å²) < 4.78 is 13.8. The number of carbonyl (C=O) groups excluding carboxylic acids is 1. The molecular weight excluding hydrogens is 466 g/mol. The molecule has 2 unspecified atom stereocenters. The van der Waals surface area contributed by atoms with Crippen LogP contribution in [0.2, 0.25) is 0 Å². The normalized spacial score (nSPS) is 21.2. The molecule has 2 aliphatic rings. The van der Waals surface area contributed by atoms with E-state index in [0.717, 1.165) is 65.7 Å². The minimum atomic E-state index is -0.465. The number of fused-ring (bicyclic) bond motifs is 3. The molecule has 0 saturated carbocycles. The SMILES string of the molecule is Cc1cc(-c2nc(C#N)nc3c2ccn3C)ccc1OCCC1CC2CCC(C1)N2C(=O)OC(C)(C)C. The highest BCUT2D eigenvalue weighted by Crippen LogP contribution is 2.41. The van der Waals surface area contributed by atoms with Gasteiger partial charge in [0.15, 0.2) is 0 Å². The average Bonchev–Trinajstić information content (AvgIpc) is 3.35. The van der Waals surface area contributed by atoms with Crippen LogP contribution < -0.4 is 4.74 Å². The van der Waals surface area contributed by atoms with Crippen LogP contribution in [0.5, 0.6) is 5.75 Å². The lowest BCUT2D eigenvalue weighted by Gasteiger charge is -2.39. The molecule has 37 heavy (non-hydrogen) atoms. The fourth-order valence-corrected chi connectivity index (χ4v) is 5.84.